The number of hydrogen-bond acceptors (Lipinski definition) is 3. The van der Waals surface area contributed by atoms with E-state index < -0.39 is 5.41 Å². The van der Waals surface area contributed by atoms with Crippen LogP contribution < -0.4 is 5.32 Å². The molecule has 0 radical (unpaired) electrons. The molecule has 0 bridgehead atoms. The zero-order valence-electron chi connectivity index (χ0n) is 11.4. The van der Waals surface area contributed by atoms with Crippen molar-refractivity contribution < 1.29 is 0 Å². The Bertz CT molecular complexity index is 442. The minimum absolute atomic E-state index is 0.411. The normalized spacial score (nSPS) is 20.7. The van der Waals surface area contributed by atoms with Gasteiger partial charge in [-0.05, 0) is 51.6 Å². The summed E-state index contributed by atoms with van der Waals surface area (Å²) in [7, 11) is 2.15. The van der Waals surface area contributed by atoms with Crippen LogP contribution in [0.1, 0.15) is 25.8 Å². The van der Waals surface area contributed by atoms with Crippen LogP contribution in [-0.2, 0) is 5.41 Å². The van der Waals surface area contributed by atoms with Crippen LogP contribution in [0.2, 0.25) is 0 Å². The number of nitrogens with one attached hydrogen (secondary N) is 1. The number of benzene rings is 1. The number of nitriles is 1. The second kappa shape index (κ2) is 4.99. The lowest BCUT2D eigenvalue weighted by atomic mass is 9.86. The van der Waals surface area contributed by atoms with E-state index in [1.54, 1.807) is 0 Å². The van der Waals surface area contributed by atoms with Crippen molar-refractivity contribution in [1.82, 2.24) is 4.90 Å². The lowest BCUT2D eigenvalue weighted by Gasteiger charge is -2.18. The van der Waals surface area contributed by atoms with Gasteiger partial charge in [-0.3, -0.25) is 0 Å². The van der Waals surface area contributed by atoms with Crippen molar-refractivity contribution in [3.63, 3.8) is 0 Å². The summed E-state index contributed by atoms with van der Waals surface area (Å²) >= 11 is 0. The molecule has 1 fully saturated rings. The molecule has 18 heavy (non-hydrogen) atoms. The monoisotopic (exact) mass is 243 g/mol. The summed E-state index contributed by atoms with van der Waals surface area (Å²) in [5.41, 5.74) is 1.80. The first-order chi connectivity index (χ1) is 8.51. The molecule has 0 amide bonds. The molecule has 0 saturated carbocycles. The molecular formula is C15H21N3. The first kappa shape index (κ1) is 12.9. The fourth-order valence-corrected chi connectivity index (χ4v) is 2.34. The molecule has 1 N–H and O–H groups in total. The average Bonchev–Trinajstić information content (AvgIpc) is 2.75. The molecule has 0 spiro atoms. The molecule has 96 valence electrons. The Morgan fingerprint density at radius 1 is 1.33 bits per heavy atom. The Hall–Kier alpha value is -1.53. The summed E-state index contributed by atoms with van der Waals surface area (Å²) in [5, 5.41) is 12.6. The predicted octanol–water partition coefficient (Wildman–Crippen LogP) is 2.60. The molecule has 1 aliphatic heterocycles. The Morgan fingerprint density at radius 3 is 2.50 bits per heavy atom. The number of likely N-dealkylation sites (N-methyl/N-ethyl adjacent to an activating group) is 1. The van der Waals surface area contributed by atoms with E-state index in [1.807, 2.05) is 26.0 Å². The predicted molar refractivity (Wildman–Crippen MR) is 74.6 cm³/mol. The van der Waals surface area contributed by atoms with Gasteiger partial charge < -0.3 is 10.2 Å². The van der Waals surface area contributed by atoms with Crippen LogP contribution in [0.4, 0.5) is 5.69 Å². The van der Waals surface area contributed by atoms with E-state index in [-0.39, 0.29) is 0 Å². The van der Waals surface area contributed by atoms with E-state index in [4.69, 9.17) is 5.26 Å². The van der Waals surface area contributed by atoms with E-state index in [0.29, 0.717) is 6.04 Å². The Morgan fingerprint density at radius 2 is 2.00 bits per heavy atom. The fourth-order valence-electron chi connectivity index (χ4n) is 2.34. The Balaban J connectivity index is 2.02. The number of likely N-dealkylation sites (tertiary alicyclic amines) is 1. The molecule has 1 saturated heterocycles. The van der Waals surface area contributed by atoms with Crippen molar-refractivity contribution in [2.75, 3.05) is 25.5 Å². The molecule has 1 heterocycles. The standard InChI is InChI=1S/C15H21N3/c1-15(2,11-16)12-4-6-13(7-5-12)17-14-8-9-18(3)10-14/h4-7,14,17H,8-10H2,1-3H3. The molecule has 0 aliphatic carbocycles. The van der Waals surface area contributed by atoms with Gasteiger partial charge in [-0.1, -0.05) is 12.1 Å². The van der Waals surface area contributed by atoms with Crippen molar-refractivity contribution in [3.8, 4) is 6.07 Å². The van der Waals surface area contributed by atoms with Gasteiger partial charge in [-0.15, -0.1) is 0 Å². The first-order valence-corrected chi connectivity index (χ1v) is 6.48. The lowest BCUT2D eigenvalue weighted by molar-refractivity contribution is 0.414. The van der Waals surface area contributed by atoms with Gasteiger partial charge in [0.05, 0.1) is 11.5 Å². The van der Waals surface area contributed by atoms with Gasteiger partial charge in [0.2, 0.25) is 0 Å². The van der Waals surface area contributed by atoms with Gasteiger partial charge in [0, 0.05) is 18.3 Å². The third kappa shape index (κ3) is 2.83. The topological polar surface area (TPSA) is 39.1 Å². The summed E-state index contributed by atoms with van der Waals surface area (Å²) in [6.45, 7) is 6.16. The van der Waals surface area contributed by atoms with Crippen molar-refractivity contribution in [1.29, 1.82) is 5.26 Å². The maximum absolute atomic E-state index is 9.10. The highest BCUT2D eigenvalue weighted by molar-refractivity contribution is 5.47. The molecule has 1 aromatic rings. The molecule has 3 nitrogen and oxygen atoms in total. The van der Waals surface area contributed by atoms with Crippen molar-refractivity contribution in [2.24, 2.45) is 0 Å². The van der Waals surface area contributed by atoms with Crippen LogP contribution in [0, 0.1) is 11.3 Å². The summed E-state index contributed by atoms with van der Waals surface area (Å²) in [6.07, 6.45) is 1.20. The van der Waals surface area contributed by atoms with Crippen LogP contribution in [0.15, 0.2) is 24.3 Å². The maximum atomic E-state index is 9.10. The molecule has 3 heteroatoms. The minimum Gasteiger partial charge on any atom is -0.381 e. The third-order valence-corrected chi connectivity index (χ3v) is 3.65. The lowest BCUT2D eigenvalue weighted by Crippen LogP contribution is -2.23. The fraction of sp³-hybridized carbons (Fsp3) is 0.533. The summed E-state index contributed by atoms with van der Waals surface area (Å²) in [4.78, 5) is 2.34. The van der Waals surface area contributed by atoms with Crippen LogP contribution in [0.3, 0.4) is 0 Å². The SMILES string of the molecule is CN1CCC(Nc2ccc(C(C)(C)C#N)cc2)C1. The van der Waals surface area contributed by atoms with Gasteiger partial charge in [0.1, 0.15) is 0 Å². The van der Waals surface area contributed by atoms with Crippen molar-refractivity contribution >= 4 is 5.69 Å². The number of nitrogens with zero attached hydrogens (tertiary/aromatic N) is 2. The summed E-state index contributed by atoms with van der Waals surface area (Å²) in [5.74, 6) is 0. The third-order valence-electron chi connectivity index (χ3n) is 3.65. The zero-order valence-corrected chi connectivity index (χ0v) is 11.4. The molecule has 0 aromatic heterocycles. The zero-order chi connectivity index (χ0) is 13.2. The summed E-state index contributed by atoms with van der Waals surface area (Å²) < 4.78 is 0. The molecule has 2 rings (SSSR count). The van der Waals surface area contributed by atoms with Gasteiger partial charge in [0.25, 0.3) is 0 Å². The van der Waals surface area contributed by atoms with E-state index in [0.717, 1.165) is 24.3 Å². The van der Waals surface area contributed by atoms with Crippen molar-refractivity contribution in [2.45, 2.75) is 31.7 Å². The summed E-state index contributed by atoms with van der Waals surface area (Å²) in [6, 6.07) is 11.1. The molecule has 1 atom stereocenters. The smallest absolute Gasteiger partial charge is 0.0766 e. The van der Waals surface area contributed by atoms with Gasteiger partial charge >= 0.3 is 0 Å². The average molecular weight is 243 g/mol. The van der Waals surface area contributed by atoms with E-state index in [1.165, 1.54) is 6.42 Å². The highest BCUT2D eigenvalue weighted by Gasteiger charge is 2.21. The largest absolute Gasteiger partial charge is 0.381 e. The van der Waals surface area contributed by atoms with E-state index in [2.05, 4.69) is 35.5 Å². The number of hydrogen-bond donors (Lipinski definition) is 1. The van der Waals surface area contributed by atoms with E-state index in [9.17, 15) is 0 Å². The quantitative estimate of drug-likeness (QED) is 0.887. The van der Waals surface area contributed by atoms with Crippen LogP contribution in [-0.4, -0.2) is 31.1 Å². The first-order valence-electron chi connectivity index (χ1n) is 6.48. The second-order valence-corrected chi connectivity index (χ2v) is 5.71. The molecule has 1 aromatic carbocycles. The number of rotatable bonds is 3. The van der Waals surface area contributed by atoms with Gasteiger partial charge in [0.15, 0.2) is 0 Å². The second-order valence-electron chi connectivity index (χ2n) is 5.71. The van der Waals surface area contributed by atoms with Crippen molar-refractivity contribution in [3.05, 3.63) is 29.8 Å². The van der Waals surface area contributed by atoms with Gasteiger partial charge in [-0.25, -0.2) is 0 Å². The Labute approximate surface area is 109 Å². The maximum Gasteiger partial charge on any atom is 0.0766 e. The van der Waals surface area contributed by atoms with Gasteiger partial charge in [-0.2, -0.15) is 5.26 Å². The number of anilines is 1. The van der Waals surface area contributed by atoms with Crippen LogP contribution in [0.25, 0.3) is 0 Å². The van der Waals surface area contributed by atoms with E-state index >= 15 is 0 Å². The molecule has 1 unspecified atom stereocenters. The highest BCUT2D eigenvalue weighted by Crippen LogP contribution is 2.24. The highest BCUT2D eigenvalue weighted by atomic mass is 15.2. The Kier molecular flexibility index (Phi) is 3.58. The minimum atomic E-state index is -0.411. The van der Waals surface area contributed by atoms with Crippen LogP contribution in [0.5, 0.6) is 0 Å². The van der Waals surface area contributed by atoms with Crippen LogP contribution >= 0.6 is 0 Å². The molecular weight excluding hydrogens is 222 g/mol. The molecule has 1 aliphatic rings.